The molecular formula is C25H27N3O4. The van der Waals surface area contributed by atoms with Gasteiger partial charge in [0.25, 0.3) is 0 Å². The van der Waals surface area contributed by atoms with Gasteiger partial charge < -0.3 is 10.4 Å². The van der Waals surface area contributed by atoms with Gasteiger partial charge in [0, 0.05) is 23.8 Å². The van der Waals surface area contributed by atoms with E-state index in [1.807, 2.05) is 56.3 Å². The number of imide groups is 1. The molecule has 3 aliphatic rings. The number of anilines is 1. The Hall–Kier alpha value is -3.03. The highest BCUT2D eigenvalue weighted by molar-refractivity contribution is 6.15. The average molecular weight is 434 g/mol. The van der Waals surface area contributed by atoms with Gasteiger partial charge in [-0.25, -0.2) is 0 Å². The van der Waals surface area contributed by atoms with Gasteiger partial charge in [0.05, 0.1) is 17.9 Å². The van der Waals surface area contributed by atoms with Crippen LogP contribution in [0.15, 0.2) is 42.5 Å². The maximum atomic E-state index is 13.7. The summed E-state index contributed by atoms with van der Waals surface area (Å²) in [5.74, 6) is -2.71. The van der Waals surface area contributed by atoms with E-state index in [2.05, 4.69) is 10.6 Å². The fourth-order valence-corrected chi connectivity index (χ4v) is 5.77. The zero-order valence-electron chi connectivity index (χ0n) is 18.4. The van der Waals surface area contributed by atoms with Crippen LogP contribution in [0.2, 0.25) is 0 Å². The van der Waals surface area contributed by atoms with Crippen LogP contribution in [-0.2, 0) is 26.3 Å². The summed E-state index contributed by atoms with van der Waals surface area (Å²) in [6.07, 6.45) is -0.367. The molecule has 0 radical (unpaired) electrons. The minimum Gasteiger partial charge on any atom is -0.392 e. The SMILES string of the molecule is Cc1cc(C)c2c(c1)[C@]1(N[C@H]([C@@H](C)O)[C@H]3C(=O)N(CCc4ccccc4)C(=O)[C@H]31)C(=O)N2. The van der Waals surface area contributed by atoms with Crippen molar-refractivity contribution in [2.24, 2.45) is 11.8 Å². The monoisotopic (exact) mass is 433 g/mol. The van der Waals surface area contributed by atoms with Crippen LogP contribution in [0.25, 0.3) is 0 Å². The molecule has 3 heterocycles. The van der Waals surface area contributed by atoms with Crippen LogP contribution in [0.1, 0.15) is 29.2 Å². The van der Waals surface area contributed by atoms with Gasteiger partial charge in [-0.15, -0.1) is 0 Å². The minimum atomic E-state index is -1.37. The number of nitrogens with zero attached hydrogens (tertiary/aromatic N) is 1. The number of likely N-dealkylation sites (tertiary alicyclic amines) is 1. The smallest absolute Gasteiger partial charge is 0.250 e. The highest BCUT2D eigenvalue weighted by atomic mass is 16.3. The Labute approximate surface area is 186 Å². The molecule has 0 unspecified atom stereocenters. The molecule has 2 fully saturated rings. The average Bonchev–Trinajstić information content (AvgIpc) is 3.34. The standard InChI is InChI=1S/C25H27N3O4/c1-13-11-14(2)20-17(12-13)25(24(32)26-20)19-18(21(27-25)15(3)29)22(30)28(23(19)31)10-9-16-7-5-4-6-8-16/h4-8,11-12,15,18-19,21,27,29H,9-10H2,1-3H3,(H,26,32)/t15-,18+,19+,21-,25-/m1/s1. The van der Waals surface area contributed by atoms with E-state index in [0.29, 0.717) is 17.7 Å². The Morgan fingerprint density at radius 2 is 1.81 bits per heavy atom. The highest BCUT2D eigenvalue weighted by Crippen LogP contribution is 2.54. The molecule has 0 aliphatic carbocycles. The summed E-state index contributed by atoms with van der Waals surface area (Å²) < 4.78 is 0. The van der Waals surface area contributed by atoms with Crippen LogP contribution in [0, 0.1) is 25.7 Å². The lowest BCUT2D eigenvalue weighted by molar-refractivity contribution is -0.143. The third kappa shape index (κ3) is 2.77. The zero-order chi connectivity index (χ0) is 22.8. The second-order valence-electron chi connectivity index (χ2n) is 9.24. The van der Waals surface area contributed by atoms with E-state index in [-0.39, 0.29) is 24.3 Å². The molecule has 2 aromatic rings. The summed E-state index contributed by atoms with van der Waals surface area (Å²) in [6.45, 7) is 5.69. The van der Waals surface area contributed by atoms with E-state index < -0.39 is 29.5 Å². The van der Waals surface area contributed by atoms with Crippen molar-refractivity contribution in [1.82, 2.24) is 10.2 Å². The predicted octanol–water partition coefficient (Wildman–Crippen LogP) is 1.65. The number of amides is 3. The number of aliphatic hydroxyl groups is 1. The Kier molecular flexibility index (Phi) is 4.72. The molecule has 3 amide bonds. The molecule has 0 saturated carbocycles. The number of aliphatic hydroxyl groups excluding tert-OH is 1. The summed E-state index contributed by atoms with van der Waals surface area (Å²) in [6, 6.07) is 12.9. The van der Waals surface area contributed by atoms with E-state index in [1.54, 1.807) is 6.92 Å². The number of carbonyl (C=O) groups excluding carboxylic acids is 3. The van der Waals surface area contributed by atoms with Crippen LogP contribution in [0.5, 0.6) is 0 Å². The number of fused-ring (bicyclic) bond motifs is 4. The number of aryl methyl sites for hydroxylation is 2. The van der Waals surface area contributed by atoms with Crippen molar-refractivity contribution in [2.75, 3.05) is 11.9 Å². The summed E-state index contributed by atoms with van der Waals surface area (Å²) in [5, 5.41) is 16.7. The number of carbonyl (C=O) groups is 3. The van der Waals surface area contributed by atoms with Crippen molar-refractivity contribution in [3.05, 3.63) is 64.7 Å². The van der Waals surface area contributed by atoms with E-state index in [0.717, 1.165) is 16.7 Å². The van der Waals surface area contributed by atoms with Crippen molar-refractivity contribution >= 4 is 23.4 Å². The van der Waals surface area contributed by atoms with Gasteiger partial charge in [0.15, 0.2) is 0 Å². The first-order valence-corrected chi connectivity index (χ1v) is 11.0. The summed E-state index contributed by atoms with van der Waals surface area (Å²) in [5.41, 5.74) is 2.90. The largest absolute Gasteiger partial charge is 0.392 e. The lowest BCUT2D eigenvalue weighted by Crippen LogP contribution is -2.55. The highest BCUT2D eigenvalue weighted by Gasteiger charge is 2.71. The molecule has 1 spiro atoms. The molecule has 166 valence electrons. The van der Waals surface area contributed by atoms with E-state index in [9.17, 15) is 19.5 Å². The van der Waals surface area contributed by atoms with Crippen molar-refractivity contribution < 1.29 is 19.5 Å². The Morgan fingerprint density at radius 3 is 2.50 bits per heavy atom. The maximum Gasteiger partial charge on any atom is 0.250 e. The number of hydrogen-bond acceptors (Lipinski definition) is 5. The molecule has 5 atom stereocenters. The molecule has 7 nitrogen and oxygen atoms in total. The number of hydrogen-bond donors (Lipinski definition) is 3. The van der Waals surface area contributed by atoms with Gasteiger partial charge in [0.1, 0.15) is 5.54 Å². The second kappa shape index (κ2) is 7.25. The molecule has 2 aromatic carbocycles. The predicted molar refractivity (Wildman–Crippen MR) is 119 cm³/mol. The third-order valence-electron chi connectivity index (χ3n) is 7.18. The van der Waals surface area contributed by atoms with Crippen LogP contribution in [-0.4, -0.2) is 46.4 Å². The summed E-state index contributed by atoms with van der Waals surface area (Å²) in [7, 11) is 0. The van der Waals surface area contributed by atoms with Crippen LogP contribution < -0.4 is 10.6 Å². The quantitative estimate of drug-likeness (QED) is 0.637. The molecule has 7 heteroatoms. The third-order valence-corrected chi connectivity index (χ3v) is 7.18. The van der Waals surface area contributed by atoms with Crippen LogP contribution >= 0.6 is 0 Å². The lowest BCUT2D eigenvalue weighted by atomic mass is 9.75. The normalized spacial score (nSPS) is 29.4. The van der Waals surface area contributed by atoms with E-state index in [4.69, 9.17) is 0 Å². The van der Waals surface area contributed by atoms with E-state index >= 15 is 0 Å². The molecule has 3 N–H and O–H groups in total. The summed E-state index contributed by atoms with van der Waals surface area (Å²) in [4.78, 5) is 41.8. The molecule has 3 aliphatic heterocycles. The topological polar surface area (TPSA) is 98.7 Å². The van der Waals surface area contributed by atoms with Gasteiger partial charge in [0.2, 0.25) is 17.7 Å². The van der Waals surface area contributed by atoms with Crippen molar-refractivity contribution in [2.45, 2.75) is 44.9 Å². The first-order valence-electron chi connectivity index (χ1n) is 11.0. The molecule has 2 saturated heterocycles. The lowest BCUT2D eigenvalue weighted by Gasteiger charge is -2.30. The van der Waals surface area contributed by atoms with Gasteiger partial charge >= 0.3 is 0 Å². The fraction of sp³-hybridized carbons (Fsp3) is 0.400. The number of rotatable bonds is 4. The van der Waals surface area contributed by atoms with Gasteiger partial charge in [-0.3, -0.25) is 24.6 Å². The van der Waals surface area contributed by atoms with Gasteiger partial charge in [-0.2, -0.15) is 0 Å². The summed E-state index contributed by atoms with van der Waals surface area (Å²) >= 11 is 0. The molecule has 0 bridgehead atoms. The molecular weight excluding hydrogens is 406 g/mol. The van der Waals surface area contributed by atoms with E-state index in [1.165, 1.54) is 4.90 Å². The Morgan fingerprint density at radius 1 is 1.09 bits per heavy atom. The maximum absolute atomic E-state index is 13.7. The van der Waals surface area contributed by atoms with Crippen LogP contribution in [0.4, 0.5) is 5.69 Å². The fourth-order valence-electron chi connectivity index (χ4n) is 5.77. The van der Waals surface area contributed by atoms with Crippen molar-refractivity contribution in [3.63, 3.8) is 0 Å². The number of benzene rings is 2. The van der Waals surface area contributed by atoms with Crippen molar-refractivity contribution in [1.29, 1.82) is 0 Å². The second-order valence-corrected chi connectivity index (χ2v) is 9.24. The van der Waals surface area contributed by atoms with Crippen LogP contribution in [0.3, 0.4) is 0 Å². The first kappa shape index (κ1) is 20.8. The Bertz CT molecular complexity index is 1130. The minimum absolute atomic E-state index is 0.249. The molecule has 0 aromatic heterocycles. The zero-order valence-corrected chi connectivity index (χ0v) is 18.4. The molecule has 5 rings (SSSR count). The first-order chi connectivity index (χ1) is 15.3. The number of nitrogens with one attached hydrogen (secondary N) is 2. The van der Waals surface area contributed by atoms with Crippen molar-refractivity contribution in [3.8, 4) is 0 Å². The molecule has 32 heavy (non-hydrogen) atoms. The Balaban J connectivity index is 1.58. The van der Waals surface area contributed by atoms with Gasteiger partial charge in [-0.1, -0.05) is 48.0 Å². The van der Waals surface area contributed by atoms with Gasteiger partial charge in [-0.05, 0) is 38.3 Å².